The second kappa shape index (κ2) is 28.2. The molecule has 3 aliphatic carbocycles. The summed E-state index contributed by atoms with van der Waals surface area (Å²) in [6.07, 6.45) is 0.893. The van der Waals surface area contributed by atoms with Crippen molar-refractivity contribution in [2.75, 3.05) is 49.7 Å². The highest BCUT2D eigenvalue weighted by atomic mass is 79.9. The number of aryl methyl sites for hydroxylation is 3. The van der Waals surface area contributed by atoms with Gasteiger partial charge in [0, 0.05) is 89.9 Å². The average molecular weight is 1240 g/mol. The number of thiazole rings is 3. The number of ether oxygens (including phenoxy) is 4. The number of aromatic nitrogens is 9. The van der Waals surface area contributed by atoms with Gasteiger partial charge in [-0.05, 0) is 59.3 Å². The number of methoxy groups -OCH3 is 4. The van der Waals surface area contributed by atoms with Crippen molar-refractivity contribution >= 4 is 67.4 Å². The summed E-state index contributed by atoms with van der Waals surface area (Å²) in [6, 6.07) is 1.35. The minimum absolute atomic E-state index is 0.0342. The quantitative estimate of drug-likeness (QED) is 0.0450. The predicted molar refractivity (Wildman–Crippen MR) is 298 cm³/mol. The summed E-state index contributed by atoms with van der Waals surface area (Å²) >= 11 is 7.00. The number of hydrogen-bond acceptors (Lipinski definition) is 20. The third kappa shape index (κ3) is 17.0. The lowest BCUT2D eigenvalue weighted by molar-refractivity contribution is -0.0366. The third-order valence-electron chi connectivity index (χ3n) is 12.5. The first kappa shape index (κ1) is 62.6. The molecule has 0 amide bonds. The van der Waals surface area contributed by atoms with Gasteiger partial charge in [0.2, 0.25) is 35.0 Å². The number of hydrogen-bond donors (Lipinski definition) is 4. The van der Waals surface area contributed by atoms with Crippen molar-refractivity contribution in [3.8, 4) is 61.7 Å². The Bertz CT molecular complexity index is 3230. The molecule has 432 valence electrons. The zero-order valence-corrected chi connectivity index (χ0v) is 48.7. The van der Waals surface area contributed by atoms with E-state index in [9.17, 15) is 35.9 Å². The SMILES string of the molecule is COc1c(NC2CCC(F)(F)CC2)nc(-c2nc(C)cs2)[nH]c1=O.COc1nc(-c2nc(C)cs2)nc(NC2CCC(F)(F)CC2)c1OC.N#CCBr.[C-]#[N+]Cn1c(-c2nc(C)cs2)nc(NC2CCC(F)(F)CC2)c(OC)c1=O. The molecule has 0 radical (unpaired) electrons. The molecule has 4 N–H and O–H groups in total. The first-order chi connectivity index (χ1) is 38.0. The minimum Gasteiger partial charge on any atom is -0.489 e. The molecule has 20 nitrogen and oxygen atoms in total. The number of anilines is 3. The third-order valence-corrected chi connectivity index (χ3v) is 15.7. The van der Waals surface area contributed by atoms with Crippen LogP contribution in [0, 0.1) is 38.7 Å². The molecule has 80 heavy (non-hydrogen) atoms. The Kier molecular flexibility index (Phi) is 22.0. The standard InChI is InChI=1S/C17H19F2N5O2S.C16H20F2N4O2S.C15H18F2N4O2S.C2H2BrN/c1-10-8-27-15(21-10)14-23-13(12(26-3)16(25)24(14)9-20-2)22-11-4-6-17(18,19)7-5-11;1-9-8-25-15(19-9)13-21-12(11(23-2)14(22-13)24-3)20-10-4-6-16(17,18)7-5-10;1-8-7-24-14(18-8)12-20-11(10(23-2)13(22)21-12)19-9-3-5-15(16,17)6-4-9;3-1-2-4/h8,11,22H,4-7,9H2,1,3H3;8,10H,4-7H2,1-3H3,(H,20,21,22);7,9H,3-6H2,1-2H3,(H2,19,20,21,22);1H2. The number of nitrogens with zero attached hydrogens (tertiary/aromatic N) is 10. The van der Waals surface area contributed by atoms with Crippen molar-refractivity contribution in [2.45, 2.75) is 140 Å². The summed E-state index contributed by atoms with van der Waals surface area (Å²) in [5.74, 6) is -5.26. The Morgan fingerprint density at radius 3 is 1.45 bits per heavy atom. The van der Waals surface area contributed by atoms with Crippen molar-refractivity contribution in [2.24, 2.45) is 0 Å². The van der Waals surface area contributed by atoms with Gasteiger partial charge in [-0.2, -0.15) is 10.2 Å². The molecule has 3 aliphatic rings. The first-order valence-electron chi connectivity index (χ1n) is 24.9. The van der Waals surface area contributed by atoms with Crippen LogP contribution in [0.1, 0.15) is 94.1 Å². The van der Waals surface area contributed by atoms with Gasteiger partial charge in [0.25, 0.3) is 18.1 Å². The van der Waals surface area contributed by atoms with Crippen molar-refractivity contribution in [3.63, 3.8) is 0 Å². The minimum atomic E-state index is -2.64. The van der Waals surface area contributed by atoms with Crippen molar-refractivity contribution < 1.29 is 45.3 Å². The molecule has 9 rings (SSSR count). The molecular weight excluding hydrogens is 1180 g/mol. The molecule has 0 aliphatic heterocycles. The number of alkyl halides is 7. The van der Waals surface area contributed by atoms with Crippen molar-refractivity contribution in [3.05, 3.63) is 65.3 Å². The van der Waals surface area contributed by atoms with Crippen LogP contribution in [0.5, 0.6) is 23.1 Å². The maximum atomic E-state index is 13.4. The summed E-state index contributed by atoms with van der Waals surface area (Å²) in [6.45, 7) is 12.5. The van der Waals surface area contributed by atoms with Crippen molar-refractivity contribution in [1.82, 2.24) is 44.4 Å². The smallest absolute Gasteiger partial charge is 0.304 e. The highest BCUT2D eigenvalue weighted by Crippen LogP contribution is 2.40. The summed E-state index contributed by atoms with van der Waals surface area (Å²) < 4.78 is 102. The molecule has 0 aromatic carbocycles. The summed E-state index contributed by atoms with van der Waals surface area (Å²) in [7, 11) is 5.70. The molecular formula is C50H59BrF6N14O6S3. The van der Waals surface area contributed by atoms with E-state index >= 15 is 0 Å². The Balaban J connectivity index is 0.000000187. The van der Waals surface area contributed by atoms with Gasteiger partial charge in [-0.3, -0.25) is 14.4 Å². The maximum Gasteiger partial charge on any atom is 0.304 e. The molecule has 6 aromatic rings. The number of halogens is 7. The van der Waals surface area contributed by atoms with Crippen LogP contribution in [0.4, 0.5) is 43.8 Å². The van der Waals surface area contributed by atoms with Crippen LogP contribution in [0.3, 0.4) is 0 Å². The summed E-state index contributed by atoms with van der Waals surface area (Å²) in [5.41, 5.74) is 1.55. The number of H-pyrrole nitrogens is 1. The van der Waals surface area contributed by atoms with E-state index in [1.54, 1.807) is 0 Å². The number of rotatable bonds is 14. The molecule has 0 spiro atoms. The topological polar surface area (TPSA) is 246 Å². The summed E-state index contributed by atoms with van der Waals surface area (Å²) in [4.78, 5) is 61.7. The van der Waals surface area contributed by atoms with Gasteiger partial charge in [0.15, 0.2) is 49.9 Å². The number of aromatic amines is 1. The van der Waals surface area contributed by atoms with Gasteiger partial charge < -0.3 is 39.9 Å². The average Bonchev–Trinajstić information content (AvgIpc) is 4.28. The van der Waals surface area contributed by atoms with Crippen LogP contribution in [0.2, 0.25) is 0 Å². The van der Waals surface area contributed by atoms with Crippen LogP contribution >= 0.6 is 49.9 Å². The van der Waals surface area contributed by atoms with Gasteiger partial charge in [0.05, 0.1) is 39.8 Å². The molecule has 3 saturated carbocycles. The summed E-state index contributed by atoms with van der Waals surface area (Å²) in [5, 5.41) is 24.7. The largest absolute Gasteiger partial charge is 0.489 e. The van der Waals surface area contributed by atoms with E-state index in [1.807, 2.05) is 43.0 Å². The molecule has 0 saturated heterocycles. The fourth-order valence-electron chi connectivity index (χ4n) is 8.49. The van der Waals surface area contributed by atoms with Gasteiger partial charge in [-0.25, -0.2) is 67.4 Å². The van der Waals surface area contributed by atoms with Crippen LogP contribution in [-0.2, 0) is 6.67 Å². The number of nitrogens with one attached hydrogen (secondary N) is 4. The van der Waals surface area contributed by atoms with E-state index in [0.717, 1.165) is 17.1 Å². The van der Waals surface area contributed by atoms with Crippen molar-refractivity contribution in [1.29, 1.82) is 5.26 Å². The Morgan fingerprint density at radius 1 is 0.650 bits per heavy atom. The van der Waals surface area contributed by atoms with E-state index in [1.165, 1.54) is 67.0 Å². The predicted octanol–water partition coefficient (Wildman–Crippen LogP) is 11.6. The van der Waals surface area contributed by atoms with E-state index in [4.69, 9.17) is 30.8 Å². The number of nitriles is 1. The maximum absolute atomic E-state index is 13.4. The second-order valence-corrected chi connectivity index (χ2v) is 21.7. The van der Waals surface area contributed by atoms with E-state index in [2.05, 4.69) is 76.6 Å². The first-order valence-corrected chi connectivity index (χ1v) is 28.7. The molecule has 6 heterocycles. The normalized spacial score (nSPS) is 16.6. The van der Waals surface area contributed by atoms with Crippen LogP contribution in [-0.4, -0.2) is 114 Å². The molecule has 3 fully saturated rings. The molecule has 6 aromatic heterocycles. The fraction of sp³-hybridized carbons (Fsp3) is 0.540. The molecule has 30 heteroatoms. The Labute approximate surface area is 477 Å². The van der Waals surface area contributed by atoms with E-state index in [-0.39, 0.29) is 111 Å². The molecule has 0 unspecified atom stereocenters. The van der Waals surface area contributed by atoms with Gasteiger partial charge in [-0.1, -0.05) is 15.9 Å². The zero-order chi connectivity index (χ0) is 58.4. The highest BCUT2D eigenvalue weighted by molar-refractivity contribution is 9.09. The molecule has 0 bridgehead atoms. The zero-order valence-electron chi connectivity index (χ0n) is 44.7. The van der Waals surface area contributed by atoms with Gasteiger partial charge >= 0.3 is 5.56 Å². The van der Waals surface area contributed by atoms with Crippen LogP contribution in [0.25, 0.3) is 37.3 Å². The Morgan fingerprint density at radius 2 is 1.06 bits per heavy atom. The van der Waals surface area contributed by atoms with Crippen LogP contribution < -0.4 is 46.0 Å². The highest BCUT2D eigenvalue weighted by Gasteiger charge is 2.38. The fourth-order valence-corrected chi connectivity index (χ4v) is 10.8. The van der Waals surface area contributed by atoms with E-state index in [0.29, 0.717) is 69.3 Å². The molecule has 0 atom stereocenters. The second-order valence-electron chi connectivity index (χ2n) is 18.6. The lowest BCUT2D eigenvalue weighted by atomic mass is 9.92. The monoisotopic (exact) mass is 1240 g/mol. The lowest BCUT2D eigenvalue weighted by Crippen LogP contribution is -2.33. The van der Waals surface area contributed by atoms with Gasteiger partial charge in [-0.15, -0.1) is 34.0 Å². The van der Waals surface area contributed by atoms with E-state index < -0.39 is 28.9 Å². The van der Waals surface area contributed by atoms with Gasteiger partial charge in [0.1, 0.15) is 0 Å². The van der Waals surface area contributed by atoms with Crippen LogP contribution in [0.15, 0.2) is 25.7 Å². The Hall–Kier alpha value is -6.63. The lowest BCUT2D eigenvalue weighted by Gasteiger charge is -2.29.